The minimum absolute atomic E-state index is 0.120. The second-order valence-electron chi connectivity index (χ2n) is 7.34. The van der Waals surface area contributed by atoms with Gasteiger partial charge in [-0.2, -0.15) is 4.31 Å². The van der Waals surface area contributed by atoms with Crippen LogP contribution in [0.2, 0.25) is 5.02 Å². The summed E-state index contributed by atoms with van der Waals surface area (Å²) in [4.78, 5) is 12.7. The Labute approximate surface area is 181 Å². The SMILES string of the molecule is O=C(Nc1cccc(Cl)c1)C1CCN(S(=O)(=O)c2ccc3c(c2)OCCCO3)CC1. The Bertz CT molecular complexity index is 1040. The van der Waals surface area contributed by atoms with Gasteiger partial charge >= 0.3 is 0 Å². The van der Waals surface area contributed by atoms with Crippen LogP contribution in [-0.2, 0) is 14.8 Å². The van der Waals surface area contributed by atoms with Crippen LogP contribution in [0, 0.1) is 5.92 Å². The van der Waals surface area contributed by atoms with Crippen molar-refractivity contribution in [1.82, 2.24) is 4.31 Å². The lowest BCUT2D eigenvalue weighted by Crippen LogP contribution is -2.41. The maximum atomic E-state index is 13.1. The largest absolute Gasteiger partial charge is 0.490 e. The number of benzene rings is 2. The smallest absolute Gasteiger partial charge is 0.243 e. The fourth-order valence-electron chi connectivity index (χ4n) is 3.62. The van der Waals surface area contributed by atoms with E-state index in [0.29, 0.717) is 48.3 Å². The van der Waals surface area contributed by atoms with E-state index in [4.69, 9.17) is 21.1 Å². The molecule has 0 spiro atoms. The summed E-state index contributed by atoms with van der Waals surface area (Å²) in [7, 11) is -3.67. The van der Waals surface area contributed by atoms with Crippen molar-refractivity contribution in [2.24, 2.45) is 5.92 Å². The summed E-state index contributed by atoms with van der Waals surface area (Å²) in [6.45, 7) is 1.60. The van der Waals surface area contributed by atoms with Gasteiger partial charge in [-0.1, -0.05) is 17.7 Å². The first-order valence-corrected chi connectivity index (χ1v) is 11.7. The molecule has 0 aromatic heterocycles. The van der Waals surface area contributed by atoms with E-state index in [0.717, 1.165) is 6.42 Å². The summed E-state index contributed by atoms with van der Waals surface area (Å²) in [6, 6.07) is 11.7. The van der Waals surface area contributed by atoms with E-state index >= 15 is 0 Å². The van der Waals surface area contributed by atoms with Crippen molar-refractivity contribution in [3.8, 4) is 11.5 Å². The zero-order valence-corrected chi connectivity index (χ0v) is 17.9. The van der Waals surface area contributed by atoms with Crippen LogP contribution in [0.1, 0.15) is 19.3 Å². The number of sulfonamides is 1. The summed E-state index contributed by atoms with van der Waals surface area (Å²) < 4.78 is 38.8. The average molecular weight is 451 g/mol. The predicted octanol–water partition coefficient (Wildman–Crippen LogP) is 3.54. The highest BCUT2D eigenvalue weighted by Gasteiger charge is 2.32. The number of hydrogen-bond acceptors (Lipinski definition) is 5. The Morgan fingerprint density at radius 3 is 2.50 bits per heavy atom. The van der Waals surface area contributed by atoms with Crippen molar-refractivity contribution in [3.05, 3.63) is 47.5 Å². The minimum atomic E-state index is -3.67. The molecule has 9 heteroatoms. The molecule has 1 fully saturated rings. The molecule has 2 aliphatic heterocycles. The lowest BCUT2D eigenvalue weighted by molar-refractivity contribution is -0.120. The van der Waals surface area contributed by atoms with Crippen LogP contribution in [0.4, 0.5) is 5.69 Å². The molecule has 0 radical (unpaired) electrons. The van der Waals surface area contributed by atoms with Gasteiger partial charge in [0, 0.05) is 42.2 Å². The number of carbonyl (C=O) groups is 1. The van der Waals surface area contributed by atoms with Crippen molar-refractivity contribution in [3.63, 3.8) is 0 Å². The van der Waals surface area contributed by atoms with Gasteiger partial charge in [0.05, 0.1) is 18.1 Å². The molecule has 1 amide bonds. The first kappa shape index (κ1) is 21.0. The second-order valence-corrected chi connectivity index (χ2v) is 9.71. The molecule has 2 aromatic carbocycles. The molecule has 7 nitrogen and oxygen atoms in total. The van der Waals surface area contributed by atoms with E-state index in [1.165, 1.54) is 10.4 Å². The summed E-state index contributed by atoms with van der Waals surface area (Å²) in [6.07, 6.45) is 1.66. The molecule has 0 unspecified atom stereocenters. The highest BCUT2D eigenvalue weighted by atomic mass is 35.5. The number of hydrogen-bond donors (Lipinski definition) is 1. The van der Waals surface area contributed by atoms with Gasteiger partial charge in [0.1, 0.15) is 0 Å². The Kier molecular flexibility index (Phi) is 6.17. The van der Waals surface area contributed by atoms with E-state index in [-0.39, 0.29) is 29.8 Å². The van der Waals surface area contributed by atoms with Crippen LogP contribution in [0.15, 0.2) is 47.4 Å². The maximum Gasteiger partial charge on any atom is 0.243 e. The number of ether oxygens (including phenoxy) is 2. The number of fused-ring (bicyclic) bond motifs is 1. The fraction of sp³-hybridized carbons (Fsp3) is 0.381. The van der Waals surface area contributed by atoms with Crippen LogP contribution in [0.3, 0.4) is 0 Å². The third-order valence-corrected chi connectivity index (χ3v) is 7.40. The van der Waals surface area contributed by atoms with Gasteiger partial charge in [0.2, 0.25) is 15.9 Å². The number of anilines is 1. The van der Waals surface area contributed by atoms with Crippen molar-refractivity contribution in [2.45, 2.75) is 24.2 Å². The van der Waals surface area contributed by atoms with Crippen LogP contribution in [0.25, 0.3) is 0 Å². The molecule has 4 rings (SSSR count). The molecule has 0 saturated carbocycles. The quantitative estimate of drug-likeness (QED) is 0.770. The van der Waals surface area contributed by atoms with Crippen LogP contribution < -0.4 is 14.8 Å². The average Bonchev–Trinajstić information content (AvgIpc) is 2.98. The molecular formula is C21H23ClN2O5S. The Hall–Kier alpha value is -2.29. The Morgan fingerprint density at radius 2 is 1.77 bits per heavy atom. The molecule has 160 valence electrons. The zero-order valence-electron chi connectivity index (χ0n) is 16.3. The van der Waals surface area contributed by atoms with Gasteiger partial charge in [-0.3, -0.25) is 4.79 Å². The zero-order chi connectivity index (χ0) is 21.1. The number of nitrogens with one attached hydrogen (secondary N) is 1. The second kappa shape index (κ2) is 8.83. The molecule has 2 aromatic rings. The normalized spacial score (nSPS) is 17.9. The third kappa shape index (κ3) is 4.55. The molecule has 0 aliphatic carbocycles. The van der Waals surface area contributed by atoms with E-state index in [2.05, 4.69) is 5.32 Å². The van der Waals surface area contributed by atoms with Crippen LogP contribution in [-0.4, -0.2) is 44.9 Å². The van der Waals surface area contributed by atoms with Gasteiger partial charge < -0.3 is 14.8 Å². The molecule has 30 heavy (non-hydrogen) atoms. The van der Waals surface area contributed by atoms with Crippen molar-refractivity contribution < 1.29 is 22.7 Å². The molecular weight excluding hydrogens is 428 g/mol. The Balaban J connectivity index is 1.40. The van der Waals surface area contributed by atoms with Gasteiger partial charge in [-0.25, -0.2) is 8.42 Å². The standard InChI is InChI=1S/C21H23ClN2O5S/c22-16-3-1-4-17(13-16)23-21(25)15-7-9-24(10-8-15)30(26,27)18-5-6-19-20(14-18)29-12-2-11-28-19/h1,3-6,13-15H,2,7-12H2,(H,23,25). The van der Waals surface area contributed by atoms with Gasteiger partial charge in [0.15, 0.2) is 11.5 Å². The van der Waals surface area contributed by atoms with Gasteiger partial charge in [0.25, 0.3) is 0 Å². The number of rotatable bonds is 4. The molecule has 1 N–H and O–H groups in total. The van der Waals surface area contributed by atoms with Crippen LogP contribution >= 0.6 is 11.6 Å². The lowest BCUT2D eigenvalue weighted by atomic mass is 9.97. The molecule has 0 bridgehead atoms. The summed E-state index contributed by atoms with van der Waals surface area (Å²) in [5.74, 6) is 0.635. The summed E-state index contributed by atoms with van der Waals surface area (Å²) in [5.41, 5.74) is 0.634. The molecule has 0 atom stereocenters. The van der Waals surface area contributed by atoms with Crippen molar-refractivity contribution >= 4 is 33.2 Å². The number of halogens is 1. The minimum Gasteiger partial charge on any atom is -0.490 e. The highest BCUT2D eigenvalue weighted by Crippen LogP contribution is 2.34. The number of carbonyl (C=O) groups excluding carboxylic acids is 1. The predicted molar refractivity (Wildman–Crippen MR) is 114 cm³/mol. The fourth-order valence-corrected chi connectivity index (χ4v) is 5.30. The lowest BCUT2D eigenvalue weighted by Gasteiger charge is -2.30. The van der Waals surface area contributed by atoms with E-state index in [9.17, 15) is 13.2 Å². The number of nitrogens with zero attached hydrogens (tertiary/aromatic N) is 1. The molecule has 2 aliphatic rings. The Morgan fingerprint density at radius 1 is 1.03 bits per heavy atom. The summed E-state index contributed by atoms with van der Waals surface area (Å²) in [5, 5.41) is 3.40. The van der Waals surface area contributed by atoms with Gasteiger partial charge in [-0.05, 0) is 43.2 Å². The number of piperidine rings is 1. The first-order chi connectivity index (χ1) is 14.4. The van der Waals surface area contributed by atoms with Crippen molar-refractivity contribution in [2.75, 3.05) is 31.6 Å². The van der Waals surface area contributed by atoms with E-state index in [1.54, 1.807) is 36.4 Å². The van der Waals surface area contributed by atoms with E-state index < -0.39 is 10.0 Å². The van der Waals surface area contributed by atoms with Crippen LogP contribution in [0.5, 0.6) is 11.5 Å². The topological polar surface area (TPSA) is 84.9 Å². The monoisotopic (exact) mass is 450 g/mol. The maximum absolute atomic E-state index is 13.1. The van der Waals surface area contributed by atoms with E-state index in [1.807, 2.05) is 0 Å². The molecule has 2 heterocycles. The first-order valence-electron chi connectivity index (χ1n) is 9.90. The van der Waals surface area contributed by atoms with Gasteiger partial charge in [-0.15, -0.1) is 0 Å². The third-order valence-electron chi connectivity index (χ3n) is 5.27. The number of amides is 1. The molecule has 1 saturated heterocycles. The van der Waals surface area contributed by atoms with Crippen molar-refractivity contribution in [1.29, 1.82) is 0 Å². The summed E-state index contributed by atoms with van der Waals surface area (Å²) >= 11 is 5.95. The highest BCUT2D eigenvalue weighted by molar-refractivity contribution is 7.89.